The molecular formula is C16H16ClN3O3. The molecule has 2 aromatic rings. The van der Waals surface area contributed by atoms with Crippen molar-refractivity contribution in [1.29, 1.82) is 0 Å². The van der Waals surface area contributed by atoms with E-state index in [9.17, 15) is 9.59 Å². The third kappa shape index (κ3) is 3.17. The van der Waals surface area contributed by atoms with Crippen molar-refractivity contribution >= 4 is 34.8 Å². The molecule has 7 heteroatoms. The Morgan fingerprint density at radius 3 is 2.83 bits per heavy atom. The summed E-state index contributed by atoms with van der Waals surface area (Å²) in [7, 11) is 1.54. The molecule has 3 rings (SSSR count). The van der Waals surface area contributed by atoms with Gasteiger partial charge in [0.2, 0.25) is 5.91 Å². The van der Waals surface area contributed by atoms with Crippen molar-refractivity contribution in [1.82, 2.24) is 4.98 Å². The molecule has 0 bridgehead atoms. The van der Waals surface area contributed by atoms with Crippen LogP contribution in [0.2, 0.25) is 5.02 Å². The molecule has 1 aliphatic rings. The third-order valence-corrected chi connectivity index (χ3v) is 3.91. The van der Waals surface area contributed by atoms with Crippen molar-refractivity contribution in [3.63, 3.8) is 0 Å². The van der Waals surface area contributed by atoms with Gasteiger partial charge >= 0.3 is 0 Å². The summed E-state index contributed by atoms with van der Waals surface area (Å²) in [5.41, 5.74) is 1.66. The first-order valence-electron chi connectivity index (χ1n) is 7.22. The predicted molar refractivity (Wildman–Crippen MR) is 88.3 cm³/mol. The van der Waals surface area contributed by atoms with E-state index >= 15 is 0 Å². The van der Waals surface area contributed by atoms with E-state index in [0.717, 1.165) is 12.1 Å². The molecule has 0 radical (unpaired) electrons. The summed E-state index contributed by atoms with van der Waals surface area (Å²) in [5.74, 6) is 0.327. The van der Waals surface area contributed by atoms with Gasteiger partial charge in [-0.05, 0) is 24.6 Å². The fourth-order valence-electron chi connectivity index (χ4n) is 2.58. The van der Waals surface area contributed by atoms with Gasteiger partial charge in [-0.2, -0.15) is 0 Å². The van der Waals surface area contributed by atoms with Gasteiger partial charge in [-0.25, -0.2) is 0 Å². The maximum atomic E-state index is 12.1. The lowest BCUT2D eigenvalue weighted by Crippen LogP contribution is -2.24. The first-order valence-corrected chi connectivity index (χ1v) is 7.60. The summed E-state index contributed by atoms with van der Waals surface area (Å²) in [6.07, 6.45) is 2.93. The van der Waals surface area contributed by atoms with E-state index in [1.165, 1.54) is 7.11 Å². The smallest absolute Gasteiger partial charge is 0.272 e. The normalized spacial score (nSPS) is 14.2. The standard InChI is InChI=1S/C16H16ClN3O3/c1-23-14-8-11(19-16(22)12-7-10(17)9-18-12)4-5-13(14)20-6-2-3-15(20)21/h4-5,7-9,18H,2-3,6H2,1H3,(H,19,22). The number of H-pyrrole nitrogens is 1. The summed E-state index contributed by atoms with van der Waals surface area (Å²) >= 11 is 5.79. The van der Waals surface area contributed by atoms with Gasteiger partial charge in [-0.1, -0.05) is 11.6 Å². The molecule has 120 valence electrons. The van der Waals surface area contributed by atoms with Crippen LogP contribution in [0, 0.1) is 0 Å². The molecule has 1 aromatic heterocycles. The quantitative estimate of drug-likeness (QED) is 0.903. The lowest BCUT2D eigenvalue weighted by molar-refractivity contribution is -0.117. The zero-order chi connectivity index (χ0) is 16.4. The summed E-state index contributed by atoms with van der Waals surface area (Å²) in [6, 6.07) is 6.76. The summed E-state index contributed by atoms with van der Waals surface area (Å²) in [5, 5.41) is 3.23. The number of anilines is 2. The van der Waals surface area contributed by atoms with Gasteiger partial charge in [0.25, 0.3) is 5.91 Å². The average molecular weight is 334 g/mol. The SMILES string of the molecule is COc1cc(NC(=O)c2cc(Cl)c[nH]2)ccc1N1CCCC1=O. The Labute approximate surface area is 138 Å². The molecule has 2 N–H and O–H groups in total. The molecule has 1 fully saturated rings. The molecule has 0 aliphatic carbocycles. The van der Waals surface area contributed by atoms with Crippen molar-refractivity contribution in [2.24, 2.45) is 0 Å². The largest absolute Gasteiger partial charge is 0.494 e. The second-order valence-corrected chi connectivity index (χ2v) is 5.66. The molecule has 0 unspecified atom stereocenters. The number of methoxy groups -OCH3 is 1. The van der Waals surface area contributed by atoms with Gasteiger partial charge in [0, 0.05) is 30.9 Å². The number of nitrogens with zero attached hydrogens (tertiary/aromatic N) is 1. The second kappa shape index (κ2) is 6.34. The van der Waals surface area contributed by atoms with Crippen LogP contribution in [-0.2, 0) is 4.79 Å². The maximum absolute atomic E-state index is 12.1. The molecule has 1 aromatic carbocycles. The minimum absolute atomic E-state index is 0.0844. The molecule has 23 heavy (non-hydrogen) atoms. The van der Waals surface area contributed by atoms with Crippen LogP contribution in [0.4, 0.5) is 11.4 Å². The van der Waals surface area contributed by atoms with Gasteiger partial charge in [-0.3, -0.25) is 9.59 Å². The molecule has 2 heterocycles. The van der Waals surface area contributed by atoms with Crippen molar-refractivity contribution in [3.05, 3.63) is 41.2 Å². The fraction of sp³-hybridized carbons (Fsp3) is 0.250. The van der Waals surface area contributed by atoms with E-state index in [1.807, 2.05) is 0 Å². The van der Waals surface area contributed by atoms with Crippen LogP contribution in [0.5, 0.6) is 5.75 Å². The molecule has 0 atom stereocenters. The second-order valence-electron chi connectivity index (χ2n) is 5.22. The summed E-state index contributed by atoms with van der Waals surface area (Å²) < 4.78 is 5.36. The number of benzene rings is 1. The lowest BCUT2D eigenvalue weighted by Gasteiger charge is -2.19. The minimum Gasteiger partial charge on any atom is -0.494 e. The number of amides is 2. The van der Waals surface area contributed by atoms with E-state index in [-0.39, 0.29) is 11.8 Å². The van der Waals surface area contributed by atoms with Gasteiger partial charge in [0.1, 0.15) is 11.4 Å². The van der Waals surface area contributed by atoms with E-state index < -0.39 is 0 Å². The first-order chi connectivity index (χ1) is 11.1. The highest BCUT2D eigenvalue weighted by Gasteiger charge is 2.24. The van der Waals surface area contributed by atoms with Crippen LogP contribution in [0.25, 0.3) is 0 Å². The Morgan fingerprint density at radius 1 is 1.39 bits per heavy atom. The highest BCUT2D eigenvalue weighted by molar-refractivity contribution is 6.31. The molecule has 1 aliphatic heterocycles. The Bertz CT molecular complexity index is 757. The monoisotopic (exact) mass is 333 g/mol. The highest BCUT2D eigenvalue weighted by Crippen LogP contribution is 2.33. The fourth-order valence-corrected chi connectivity index (χ4v) is 2.74. The Hall–Kier alpha value is -2.47. The van der Waals surface area contributed by atoms with Crippen molar-refractivity contribution in [2.45, 2.75) is 12.8 Å². The Balaban J connectivity index is 1.81. The molecule has 0 saturated carbocycles. The maximum Gasteiger partial charge on any atom is 0.272 e. The zero-order valence-electron chi connectivity index (χ0n) is 12.6. The van der Waals surface area contributed by atoms with E-state index in [0.29, 0.717) is 35.1 Å². The van der Waals surface area contributed by atoms with Crippen LogP contribution < -0.4 is 15.0 Å². The van der Waals surface area contributed by atoms with Crippen LogP contribution in [-0.4, -0.2) is 30.5 Å². The van der Waals surface area contributed by atoms with Crippen LogP contribution in [0.1, 0.15) is 23.3 Å². The number of rotatable bonds is 4. The van der Waals surface area contributed by atoms with Gasteiger partial charge in [0.15, 0.2) is 0 Å². The summed E-state index contributed by atoms with van der Waals surface area (Å²) in [4.78, 5) is 28.5. The third-order valence-electron chi connectivity index (χ3n) is 3.69. The van der Waals surface area contributed by atoms with Crippen LogP contribution in [0.3, 0.4) is 0 Å². The van der Waals surface area contributed by atoms with Crippen LogP contribution >= 0.6 is 11.6 Å². The topological polar surface area (TPSA) is 74.4 Å². The minimum atomic E-state index is -0.302. The highest BCUT2D eigenvalue weighted by atomic mass is 35.5. The number of carbonyl (C=O) groups excluding carboxylic acids is 2. The van der Waals surface area contributed by atoms with Gasteiger partial charge in [-0.15, -0.1) is 0 Å². The molecule has 6 nitrogen and oxygen atoms in total. The van der Waals surface area contributed by atoms with Gasteiger partial charge < -0.3 is 19.9 Å². The number of aromatic nitrogens is 1. The Morgan fingerprint density at radius 2 is 2.22 bits per heavy atom. The number of hydrogen-bond acceptors (Lipinski definition) is 3. The lowest BCUT2D eigenvalue weighted by atomic mass is 10.2. The number of carbonyl (C=O) groups is 2. The molecule has 2 amide bonds. The first kappa shape index (κ1) is 15.4. The van der Waals surface area contributed by atoms with Gasteiger partial charge in [0.05, 0.1) is 17.8 Å². The van der Waals surface area contributed by atoms with Crippen molar-refractivity contribution in [3.8, 4) is 5.75 Å². The number of nitrogens with one attached hydrogen (secondary N) is 2. The summed E-state index contributed by atoms with van der Waals surface area (Å²) in [6.45, 7) is 0.682. The number of hydrogen-bond donors (Lipinski definition) is 2. The van der Waals surface area contributed by atoms with Crippen molar-refractivity contribution < 1.29 is 14.3 Å². The Kier molecular flexibility index (Phi) is 4.25. The molecular weight excluding hydrogens is 318 g/mol. The predicted octanol–water partition coefficient (Wildman–Crippen LogP) is 3.06. The van der Waals surface area contributed by atoms with E-state index in [1.54, 1.807) is 35.4 Å². The molecule has 1 saturated heterocycles. The van der Waals surface area contributed by atoms with E-state index in [4.69, 9.17) is 16.3 Å². The molecule has 0 spiro atoms. The average Bonchev–Trinajstić information content (AvgIpc) is 3.16. The number of ether oxygens (including phenoxy) is 1. The number of halogens is 1. The zero-order valence-corrected chi connectivity index (χ0v) is 13.3. The van der Waals surface area contributed by atoms with E-state index in [2.05, 4.69) is 10.3 Å². The van der Waals surface area contributed by atoms with Crippen LogP contribution in [0.15, 0.2) is 30.5 Å². The number of aromatic amines is 1. The van der Waals surface area contributed by atoms with Crippen molar-refractivity contribution in [2.75, 3.05) is 23.9 Å².